The van der Waals surface area contributed by atoms with Gasteiger partial charge in [0.25, 0.3) is 0 Å². The standard InChI is InChI=1S/C17H15FO2/c1-12-4-3-5-14(10-12)16(19)8-6-13-7-9-17(20-2)15(18)11-13/h3-11H,1-2H3/b8-6+. The van der Waals surface area contributed by atoms with Crippen molar-refractivity contribution in [3.8, 4) is 5.75 Å². The molecular formula is C17H15FO2. The molecule has 0 saturated heterocycles. The lowest BCUT2D eigenvalue weighted by Gasteiger charge is -2.02. The van der Waals surface area contributed by atoms with Gasteiger partial charge in [0, 0.05) is 5.56 Å². The second kappa shape index (κ2) is 6.15. The van der Waals surface area contributed by atoms with Crippen LogP contribution in [0.15, 0.2) is 48.5 Å². The highest BCUT2D eigenvalue weighted by atomic mass is 19.1. The molecule has 0 aliphatic rings. The molecule has 0 aliphatic heterocycles. The Morgan fingerprint density at radius 1 is 1.20 bits per heavy atom. The van der Waals surface area contributed by atoms with Crippen LogP contribution in [0.4, 0.5) is 4.39 Å². The Morgan fingerprint density at radius 3 is 2.65 bits per heavy atom. The molecule has 0 heterocycles. The normalized spacial score (nSPS) is 10.8. The Kier molecular flexibility index (Phi) is 4.31. The fourth-order valence-electron chi connectivity index (χ4n) is 1.85. The number of allylic oxidation sites excluding steroid dienone is 1. The summed E-state index contributed by atoms with van der Waals surface area (Å²) in [5, 5.41) is 0. The van der Waals surface area contributed by atoms with Gasteiger partial charge in [0.1, 0.15) is 0 Å². The quantitative estimate of drug-likeness (QED) is 0.619. The number of carbonyl (C=O) groups is 1. The zero-order chi connectivity index (χ0) is 14.5. The number of halogens is 1. The van der Waals surface area contributed by atoms with E-state index in [1.54, 1.807) is 18.2 Å². The molecule has 0 amide bonds. The van der Waals surface area contributed by atoms with Crippen molar-refractivity contribution >= 4 is 11.9 Å². The number of carbonyl (C=O) groups excluding carboxylic acids is 1. The highest BCUT2D eigenvalue weighted by molar-refractivity contribution is 6.06. The smallest absolute Gasteiger partial charge is 0.185 e. The van der Waals surface area contributed by atoms with Gasteiger partial charge in [0.2, 0.25) is 0 Å². The maximum atomic E-state index is 13.5. The molecule has 0 aliphatic carbocycles. The Morgan fingerprint density at radius 2 is 2.00 bits per heavy atom. The van der Waals surface area contributed by atoms with E-state index in [0.717, 1.165) is 5.56 Å². The molecular weight excluding hydrogens is 255 g/mol. The molecule has 0 N–H and O–H groups in total. The van der Waals surface area contributed by atoms with E-state index in [2.05, 4.69) is 0 Å². The minimum absolute atomic E-state index is 0.107. The van der Waals surface area contributed by atoms with Crippen LogP contribution in [0, 0.1) is 12.7 Å². The molecule has 0 radical (unpaired) electrons. The summed E-state index contributed by atoms with van der Waals surface area (Å²) in [5.41, 5.74) is 2.26. The van der Waals surface area contributed by atoms with Crippen LogP contribution < -0.4 is 4.74 Å². The predicted molar refractivity (Wildman–Crippen MR) is 77.5 cm³/mol. The summed E-state index contributed by atoms with van der Waals surface area (Å²) in [4.78, 5) is 12.0. The summed E-state index contributed by atoms with van der Waals surface area (Å²) in [6, 6.07) is 11.9. The summed E-state index contributed by atoms with van der Waals surface area (Å²) >= 11 is 0. The summed E-state index contributed by atoms with van der Waals surface area (Å²) in [6.45, 7) is 1.93. The highest BCUT2D eigenvalue weighted by Crippen LogP contribution is 2.18. The predicted octanol–water partition coefficient (Wildman–Crippen LogP) is 4.04. The molecule has 2 aromatic carbocycles. The van der Waals surface area contributed by atoms with Crippen LogP contribution in [0.2, 0.25) is 0 Å². The van der Waals surface area contributed by atoms with Crippen molar-refractivity contribution in [2.24, 2.45) is 0 Å². The first kappa shape index (κ1) is 14.0. The van der Waals surface area contributed by atoms with Gasteiger partial charge in [-0.1, -0.05) is 35.9 Å². The van der Waals surface area contributed by atoms with Crippen LogP contribution >= 0.6 is 0 Å². The average Bonchev–Trinajstić information content (AvgIpc) is 2.45. The maximum absolute atomic E-state index is 13.5. The third-order valence-electron chi connectivity index (χ3n) is 2.91. The fourth-order valence-corrected chi connectivity index (χ4v) is 1.85. The van der Waals surface area contributed by atoms with E-state index in [9.17, 15) is 9.18 Å². The Hall–Kier alpha value is -2.42. The van der Waals surface area contributed by atoms with Gasteiger partial charge in [-0.2, -0.15) is 0 Å². The van der Waals surface area contributed by atoms with E-state index >= 15 is 0 Å². The first-order valence-electron chi connectivity index (χ1n) is 6.23. The summed E-state index contributed by atoms with van der Waals surface area (Å²) in [7, 11) is 1.41. The van der Waals surface area contributed by atoms with Crippen LogP contribution in [-0.4, -0.2) is 12.9 Å². The summed E-state index contributed by atoms with van der Waals surface area (Å²) in [6.07, 6.45) is 3.03. The number of aryl methyl sites for hydroxylation is 1. The third-order valence-corrected chi connectivity index (χ3v) is 2.91. The lowest BCUT2D eigenvalue weighted by molar-refractivity contribution is 0.104. The zero-order valence-corrected chi connectivity index (χ0v) is 11.4. The number of benzene rings is 2. The largest absolute Gasteiger partial charge is 0.494 e. The van der Waals surface area contributed by atoms with Gasteiger partial charge in [-0.15, -0.1) is 0 Å². The first-order valence-corrected chi connectivity index (χ1v) is 6.23. The number of rotatable bonds is 4. The Bertz CT molecular complexity index is 660. The topological polar surface area (TPSA) is 26.3 Å². The fraction of sp³-hybridized carbons (Fsp3) is 0.118. The van der Waals surface area contributed by atoms with Crippen LogP contribution in [0.1, 0.15) is 21.5 Å². The molecule has 0 saturated carbocycles. The van der Waals surface area contributed by atoms with Crippen LogP contribution in [-0.2, 0) is 0 Å². The van der Waals surface area contributed by atoms with E-state index in [-0.39, 0.29) is 11.5 Å². The van der Waals surface area contributed by atoms with E-state index in [1.807, 2.05) is 25.1 Å². The monoisotopic (exact) mass is 270 g/mol. The third kappa shape index (κ3) is 3.32. The summed E-state index contributed by atoms with van der Waals surface area (Å²) < 4.78 is 18.3. The first-order chi connectivity index (χ1) is 9.60. The van der Waals surface area contributed by atoms with Crippen molar-refractivity contribution in [3.05, 3.63) is 71.0 Å². The molecule has 3 heteroatoms. The van der Waals surface area contributed by atoms with Crippen LogP contribution in [0.5, 0.6) is 5.75 Å². The van der Waals surface area contributed by atoms with Gasteiger partial charge in [-0.25, -0.2) is 4.39 Å². The maximum Gasteiger partial charge on any atom is 0.185 e. The molecule has 0 unspecified atom stereocenters. The molecule has 0 aromatic heterocycles. The Balaban J connectivity index is 2.17. The lowest BCUT2D eigenvalue weighted by Crippen LogP contribution is -1.94. The van der Waals surface area contributed by atoms with Crippen molar-refractivity contribution in [2.45, 2.75) is 6.92 Å². The minimum atomic E-state index is -0.447. The van der Waals surface area contributed by atoms with Crippen LogP contribution in [0.25, 0.3) is 6.08 Å². The van der Waals surface area contributed by atoms with Gasteiger partial charge in [0.05, 0.1) is 7.11 Å². The summed E-state index contributed by atoms with van der Waals surface area (Å²) in [5.74, 6) is -0.366. The molecule has 2 rings (SSSR count). The number of hydrogen-bond donors (Lipinski definition) is 0. The van der Waals surface area contributed by atoms with Crippen molar-refractivity contribution < 1.29 is 13.9 Å². The second-order valence-corrected chi connectivity index (χ2v) is 4.46. The van der Waals surface area contributed by atoms with Crippen molar-refractivity contribution in [1.29, 1.82) is 0 Å². The molecule has 20 heavy (non-hydrogen) atoms. The van der Waals surface area contributed by atoms with E-state index in [4.69, 9.17) is 4.74 Å². The number of hydrogen-bond acceptors (Lipinski definition) is 2. The molecule has 0 spiro atoms. The van der Waals surface area contributed by atoms with Crippen molar-refractivity contribution in [2.75, 3.05) is 7.11 Å². The van der Waals surface area contributed by atoms with Crippen molar-refractivity contribution in [3.63, 3.8) is 0 Å². The number of ether oxygens (including phenoxy) is 1. The van der Waals surface area contributed by atoms with E-state index in [0.29, 0.717) is 11.1 Å². The lowest BCUT2D eigenvalue weighted by atomic mass is 10.1. The zero-order valence-electron chi connectivity index (χ0n) is 11.4. The number of methoxy groups -OCH3 is 1. The van der Waals surface area contributed by atoms with Gasteiger partial charge >= 0.3 is 0 Å². The van der Waals surface area contributed by atoms with E-state index in [1.165, 1.54) is 25.3 Å². The van der Waals surface area contributed by atoms with Gasteiger partial charge in [-0.3, -0.25) is 4.79 Å². The molecule has 2 nitrogen and oxygen atoms in total. The number of ketones is 1. The molecule has 102 valence electrons. The molecule has 0 atom stereocenters. The SMILES string of the molecule is COc1ccc(/C=C/C(=O)c2cccc(C)c2)cc1F. The van der Waals surface area contributed by atoms with Gasteiger partial charge in [0.15, 0.2) is 17.3 Å². The van der Waals surface area contributed by atoms with Crippen molar-refractivity contribution in [1.82, 2.24) is 0 Å². The Labute approximate surface area is 117 Å². The van der Waals surface area contributed by atoms with Gasteiger partial charge < -0.3 is 4.74 Å². The van der Waals surface area contributed by atoms with Crippen LogP contribution in [0.3, 0.4) is 0 Å². The molecule has 0 fully saturated rings. The van der Waals surface area contributed by atoms with Gasteiger partial charge in [-0.05, 0) is 36.8 Å². The molecule has 2 aromatic rings. The highest BCUT2D eigenvalue weighted by Gasteiger charge is 2.03. The average molecular weight is 270 g/mol. The minimum Gasteiger partial charge on any atom is -0.494 e. The van der Waals surface area contributed by atoms with E-state index < -0.39 is 5.82 Å². The second-order valence-electron chi connectivity index (χ2n) is 4.46. The molecule has 0 bridgehead atoms.